The van der Waals surface area contributed by atoms with Gasteiger partial charge in [0.05, 0.1) is 17.9 Å². The van der Waals surface area contributed by atoms with E-state index in [9.17, 15) is 14.0 Å². The molecule has 0 bridgehead atoms. The monoisotopic (exact) mass is 423 g/mol. The van der Waals surface area contributed by atoms with Crippen LogP contribution in [0, 0.1) is 26.6 Å². The van der Waals surface area contributed by atoms with Crippen molar-refractivity contribution in [3.05, 3.63) is 88.0 Å². The van der Waals surface area contributed by atoms with Crippen LogP contribution >= 0.6 is 0 Å². The zero-order valence-electron chi connectivity index (χ0n) is 18.2. The molecule has 31 heavy (non-hydrogen) atoms. The van der Waals surface area contributed by atoms with Crippen LogP contribution in [0.2, 0.25) is 0 Å². The van der Waals surface area contributed by atoms with E-state index in [1.807, 2.05) is 31.2 Å². The maximum Gasteiger partial charge on any atom is 0.342 e. The smallest absolute Gasteiger partial charge is 0.342 e. The third-order valence-corrected chi connectivity index (χ3v) is 5.16. The molecule has 0 atom stereocenters. The molecule has 6 nitrogen and oxygen atoms in total. The van der Waals surface area contributed by atoms with Crippen LogP contribution in [-0.2, 0) is 22.6 Å². The van der Waals surface area contributed by atoms with Crippen LogP contribution in [-0.4, -0.2) is 40.2 Å². The normalized spacial score (nSPS) is 10.7. The lowest BCUT2D eigenvalue weighted by molar-refractivity contribution is -0.133. The van der Waals surface area contributed by atoms with Gasteiger partial charge in [-0.3, -0.25) is 9.48 Å². The molecule has 0 aliphatic rings. The number of carbonyl (C=O) groups excluding carboxylic acids is 2. The number of likely N-dealkylation sites (N-methyl/N-ethyl adjacent to an activating group) is 1. The predicted octanol–water partition coefficient (Wildman–Crippen LogP) is 3.81. The van der Waals surface area contributed by atoms with Crippen LogP contribution in [0.25, 0.3) is 0 Å². The molecule has 1 aromatic heterocycles. The first kappa shape index (κ1) is 22.2. The Bertz CT molecular complexity index is 1090. The summed E-state index contributed by atoms with van der Waals surface area (Å²) in [4.78, 5) is 26.3. The summed E-state index contributed by atoms with van der Waals surface area (Å²) in [5.74, 6) is -1.40. The number of nitrogens with zero attached hydrogens (tertiary/aromatic N) is 3. The predicted molar refractivity (Wildman–Crippen MR) is 115 cm³/mol. The first-order chi connectivity index (χ1) is 14.8. The maximum absolute atomic E-state index is 13.8. The van der Waals surface area contributed by atoms with Gasteiger partial charge < -0.3 is 9.64 Å². The fourth-order valence-electron chi connectivity index (χ4n) is 3.29. The topological polar surface area (TPSA) is 64.4 Å². The minimum atomic E-state index is -0.599. The molecule has 3 aromatic rings. The van der Waals surface area contributed by atoms with Crippen LogP contribution < -0.4 is 0 Å². The molecule has 0 radical (unpaired) electrons. The second-order valence-corrected chi connectivity index (χ2v) is 7.61. The Kier molecular flexibility index (Phi) is 6.84. The summed E-state index contributed by atoms with van der Waals surface area (Å²) >= 11 is 0. The van der Waals surface area contributed by atoms with Crippen molar-refractivity contribution in [3.63, 3.8) is 0 Å². The molecule has 0 aliphatic heterocycles. The van der Waals surface area contributed by atoms with Gasteiger partial charge in [0.2, 0.25) is 0 Å². The summed E-state index contributed by atoms with van der Waals surface area (Å²) in [5, 5.41) is 4.46. The molecule has 0 N–H and O–H groups in total. The number of ether oxygens (including phenoxy) is 1. The number of amides is 1. The Balaban J connectivity index is 1.62. The third-order valence-electron chi connectivity index (χ3n) is 5.16. The highest BCUT2D eigenvalue weighted by atomic mass is 19.1. The lowest BCUT2D eigenvalue weighted by Gasteiger charge is -2.17. The Hall–Kier alpha value is -3.48. The van der Waals surface area contributed by atoms with Crippen molar-refractivity contribution < 1.29 is 18.7 Å². The molecule has 162 valence electrons. The van der Waals surface area contributed by atoms with E-state index in [0.717, 1.165) is 5.56 Å². The Morgan fingerprint density at radius 1 is 1.06 bits per heavy atom. The quantitative estimate of drug-likeness (QED) is 0.542. The third kappa shape index (κ3) is 5.36. The van der Waals surface area contributed by atoms with E-state index in [1.54, 1.807) is 43.8 Å². The van der Waals surface area contributed by atoms with Crippen LogP contribution in [0.15, 0.2) is 48.5 Å². The van der Waals surface area contributed by atoms with Crippen LogP contribution in [0.3, 0.4) is 0 Å². The molecule has 1 amide bonds. The van der Waals surface area contributed by atoms with E-state index in [2.05, 4.69) is 5.10 Å². The van der Waals surface area contributed by atoms with Gasteiger partial charge >= 0.3 is 5.97 Å². The lowest BCUT2D eigenvalue weighted by atomic mass is 10.1. The molecule has 3 rings (SSSR count). The highest BCUT2D eigenvalue weighted by molar-refractivity contribution is 5.93. The van der Waals surface area contributed by atoms with Gasteiger partial charge in [0.25, 0.3) is 5.91 Å². The second kappa shape index (κ2) is 9.55. The number of rotatable bonds is 7. The molecule has 0 unspecified atom stereocenters. The Morgan fingerprint density at radius 3 is 2.42 bits per heavy atom. The van der Waals surface area contributed by atoms with Gasteiger partial charge in [0.1, 0.15) is 11.4 Å². The minimum absolute atomic E-state index is 0.0929. The summed E-state index contributed by atoms with van der Waals surface area (Å²) in [5.41, 5.74) is 4.22. The van der Waals surface area contributed by atoms with Gasteiger partial charge in [-0.15, -0.1) is 0 Å². The minimum Gasteiger partial charge on any atom is -0.452 e. The maximum atomic E-state index is 13.8. The zero-order chi connectivity index (χ0) is 22.5. The molecule has 2 aromatic carbocycles. The van der Waals surface area contributed by atoms with Crippen molar-refractivity contribution in [2.45, 2.75) is 33.9 Å². The van der Waals surface area contributed by atoms with E-state index in [4.69, 9.17) is 4.74 Å². The molecular formula is C24H26FN3O3. The summed E-state index contributed by atoms with van der Waals surface area (Å²) < 4.78 is 20.8. The number of hydrogen-bond acceptors (Lipinski definition) is 4. The summed E-state index contributed by atoms with van der Waals surface area (Å²) in [6.07, 6.45) is 0. The van der Waals surface area contributed by atoms with Crippen LogP contribution in [0.1, 0.15) is 38.4 Å². The van der Waals surface area contributed by atoms with Crippen LogP contribution in [0.5, 0.6) is 0 Å². The summed E-state index contributed by atoms with van der Waals surface area (Å²) in [6.45, 7) is 5.76. The first-order valence-electron chi connectivity index (χ1n) is 10.00. The van der Waals surface area contributed by atoms with Gasteiger partial charge in [0.15, 0.2) is 6.61 Å². The highest BCUT2D eigenvalue weighted by Crippen LogP contribution is 2.17. The Labute approximate surface area is 181 Å². The standard InChI is InChI=1S/C24H26FN3O3/c1-16-9-11-19(12-10-16)13-28-18(3)23(17(2)26-28)24(30)31-15-22(29)27(4)14-20-7-5-6-8-21(20)25/h5-12H,13-15H2,1-4H3. The number of carbonyl (C=O) groups is 2. The average molecular weight is 423 g/mol. The second-order valence-electron chi connectivity index (χ2n) is 7.61. The van der Waals surface area contributed by atoms with Gasteiger partial charge in [-0.05, 0) is 32.4 Å². The van der Waals surface area contributed by atoms with E-state index in [0.29, 0.717) is 29.1 Å². The number of benzene rings is 2. The molecule has 0 saturated heterocycles. The summed E-state index contributed by atoms with van der Waals surface area (Å²) in [6, 6.07) is 14.3. The number of aromatic nitrogens is 2. The first-order valence-corrected chi connectivity index (χ1v) is 10.00. The van der Waals surface area contributed by atoms with Crippen molar-refractivity contribution in [1.29, 1.82) is 0 Å². The largest absolute Gasteiger partial charge is 0.452 e. The lowest BCUT2D eigenvalue weighted by Crippen LogP contribution is -2.31. The van der Waals surface area contributed by atoms with E-state index < -0.39 is 18.5 Å². The van der Waals surface area contributed by atoms with Crippen molar-refractivity contribution in [3.8, 4) is 0 Å². The molecule has 7 heteroatoms. The van der Waals surface area contributed by atoms with Crippen molar-refractivity contribution in [1.82, 2.24) is 14.7 Å². The number of halogens is 1. The fraction of sp³-hybridized carbons (Fsp3) is 0.292. The van der Waals surface area contributed by atoms with E-state index in [1.165, 1.54) is 16.5 Å². The molecular weight excluding hydrogens is 397 g/mol. The van der Waals surface area contributed by atoms with Crippen molar-refractivity contribution in [2.75, 3.05) is 13.7 Å². The molecule has 0 saturated carbocycles. The van der Waals surface area contributed by atoms with Gasteiger partial charge in [-0.1, -0.05) is 48.0 Å². The average Bonchev–Trinajstić information content (AvgIpc) is 3.02. The van der Waals surface area contributed by atoms with Crippen LogP contribution in [0.4, 0.5) is 4.39 Å². The molecule has 0 fully saturated rings. The van der Waals surface area contributed by atoms with Gasteiger partial charge in [-0.2, -0.15) is 5.10 Å². The number of hydrogen-bond donors (Lipinski definition) is 0. The number of aryl methyl sites for hydroxylation is 2. The van der Waals surface area contributed by atoms with Crippen molar-refractivity contribution in [2.24, 2.45) is 0 Å². The highest BCUT2D eigenvalue weighted by Gasteiger charge is 2.22. The molecule has 0 spiro atoms. The molecule has 1 heterocycles. The van der Waals surface area contributed by atoms with Crippen molar-refractivity contribution >= 4 is 11.9 Å². The van der Waals surface area contributed by atoms with Gasteiger partial charge in [0, 0.05) is 19.2 Å². The summed E-state index contributed by atoms with van der Waals surface area (Å²) in [7, 11) is 1.54. The van der Waals surface area contributed by atoms with E-state index >= 15 is 0 Å². The van der Waals surface area contributed by atoms with Gasteiger partial charge in [-0.25, -0.2) is 9.18 Å². The SMILES string of the molecule is Cc1ccc(Cn2nc(C)c(C(=O)OCC(=O)N(C)Cc3ccccc3F)c2C)cc1. The Morgan fingerprint density at radius 2 is 1.74 bits per heavy atom. The molecule has 0 aliphatic carbocycles. The number of esters is 1. The fourth-order valence-corrected chi connectivity index (χ4v) is 3.29. The van der Waals surface area contributed by atoms with E-state index in [-0.39, 0.29) is 12.4 Å². The zero-order valence-corrected chi connectivity index (χ0v) is 18.2.